The van der Waals surface area contributed by atoms with E-state index in [-0.39, 0.29) is 11.8 Å². The average molecular weight is 315 g/mol. The molecule has 1 aliphatic rings. The minimum Gasteiger partial charge on any atom is -0.479 e. The van der Waals surface area contributed by atoms with E-state index >= 15 is 0 Å². The van der Waals surface area contributed by atoms with Crippen molar-refractivity contribution in [3.8, 4) is 0 Å². The summed E-state index contributed by atoms with van der Waals surface area (Å²) >= 11 is 0. The lowest BCUT2D eigenvalue weighted by molar-refractivity contribution is -0.138. The van der Waals surface area contributed by atoms with Gasteiger partial charge in [-0.2, -0.15) is 0 Å². The van der Waals surface area contributed by atoms with Gasteiger partial charge in [-0.1, -0.05) is 27.7 Å². The van der Waals surface area contributed by atoms with E-state index in [1.807, 2.05) is 13.8 Å². The van der Waals surface area contributed by atoms with Crippen molar-refractivity contribution in [1.29, 1.82) is 0 Å². The Kier molecular flexibility index (Phi) is 6.18. The Balaban J connectivity index is 2.53. The maximum absolute atomic E-state index is 12.2. The number of carbonyl (C=O) groups is 3. The first-order valence-corrected chi connectivity index (χ1v) is 7.47. The van der Waals surface area contributed by atoms with E-state index in [0.29, 0.717) is 19.4 Å². The second-order valence-electron chi connectivity index (χ2n) is 6.25. The molecule has 0 radical (unpaired) electrons. The second-order valence-corrected chi connectivity index (χ2v) is 6.25. The Morgan fingerprint density at radius 1 is 1.23 bits per heavy atom. The van der Waals surface area contributed by atoms with Crippen LogP contribution in [0.5, 0.6) is 0 Å². The lowest BCUT2D eigenvalue weighted by Crippen LogP contribution is -2.49. The molecule has 0 aromatic rings. The van der Waals surface area contributed by atoms with Gasteiger partial charge in [0, 0.05) is 7.92 Å². The highest BCUT2D eigenvalue weighted by atomic mass is 16.6. The molecule has 1 rings (SSSR count). The lowest BCUT2D eigenvalue weighted by Gasteiger charge is -2.20. The summed E-state index contributed by atoms with van der Waals surface area (Å²) in [5.41, 5.74) is 0. The zero-order valence-corrected chi connectivity index (χ0v) is 13.5. The topological polar surface area (TPSA) is 108 Å². The van der Waals surface area contributed by atoms with Gasteiger partial charge in [0.05, 0.1) is 0 Å². The monoisotopic (exact) mass is 315 g/mol. The van der Waals surface area contributed by atoms with E-state index in [0.717, 1.165) is 0 Å². The quantitative estimate of drug-likeness (QED) is 0.538. The van der Waals surface area contributed by atoms with Crippen molar-refractivity contribution < 1.29 is 25.6 Å². The third kappa shape index (κ3) is 6.01. The van der Waals surface area contributed by atoms with Crippen molar-refractivity contribution >= 4 is 17.8 Å². The summed E-state index contributed by atoms with van der Waals surface area (Å²) in [6, 6.07) is -0.741. The Morgan fingerprint density at radius 2 is 1.86 bits per heavy atom. The van der Waals surface area contributed by atoms with Gasteiger partial charge in [-0.05, 0) is 24.7 Å². The van der Waals surface area contributed by atoms with Gasteiger partial charge in [-0.25, -0.2) is 4.79 Å². The molecule has 2 amide bonds. The zero-order chi connectivity index (χ0) is 17.8. The van der Waals surface area contributed by atoms with Crippen LogP contribution in [-0.2, 0) is 19.1 Å². The number of aliphatic carboxylic acids is 1. The molecule has 126 valence electrons. The van der Waals surface area contributed by atoms with Crippen molar-refractivity contribution in [2.75, 3.05) is 6.54 Å². The third-order valence-corrected chi connectivity index (χ3v) is 3.26. The molecule has 0 unspecified atom stereocenters. The normalized spacial score (nSPS) is 22.7. The number of amides is 2. The fourth-order valence-corrected chi connectivity index (χ4v) is 2.02. The molecule has 0 spiro atoms. The van der Waals surface area contributed by atoms with E-state index < -0.39 is 36.0 Å². The summed E-state index contributed by atoms with van der Waals surface area (Å²) in [5, 5.41) is 14.0. The number of carbonyl (C=O) groups excluding carboxylic acids is 2. The fourth-order valence-electron chi connectivity index (χ4n) is 2.02. The van der Waals surface area contributed by atoms with Crippen molar-refractivity contribution in [3.63, 3.8) is 0 Å². The molecule has 1 aliphatic heterocycles. The molecule has 3 N–H and O–H groups in total. The highest BCUT2D eigenvalue weighted by Gasteiger charge is 2.51. The van der Waals surface area contributed by atoms with E-state index in [4.69, 9.17) is 11.2 Å². The van der Waals surface area contributed by atoms with Crippen LogP contribution in [0.4, 0.5) is 0 Å². The summed E-state index contributed by atoms with van der Waals surface area (Å²) in [5.74, 6) is -2.56. The van der Waals surface area contributed by atoms with E-state index in [9.17, 15) is 14.4 Å². The zero-order valence-electron chi connectivity index (χ0n) is 14.5. The molecule has 1 saturated heterocycles. The minimum absolute atomic E-state index is 0.175. The first kappa shape index (κ1) is 16.7. The Morgan fingerprint density at radius 3 is 2.32 bits per heavy atom. The van der Waals surface area contributed by atoms with Gasteiger partial charge in [0.15, 0.2) is 12.2 Å². The van der Waals surface area contributed by atoms with Gasteiger partial charge < -0.3 is 20.5 Å². The van der Waals surface area contributed by atoms with Gasteiger partial charge in [-0.3, -0.25) is 9.59 Å². The van der Waals surface area contributed by atoms with Gasteiger partial charge >= 0.3 is 5.97 Å². The predicted molar refractivity (Wildman–Crippen MR) is 80.1 cm³/mol. The molecule has 7 nitrogen and oxygen atoms in total. The first-order valence-electron chi connectivity index (χ1n) is 7.97. The summed E-state index contributed by atoms with van der Waals surface area (Å²) < 4.78 is 12.5. The standard InChI is InChI=1S/C15H26N2O5/c1-8(2)5-6-16-13(18)10(7-9(3)4)17-14(19)11-12(22-11)15(20)21/h8-12H,5-7H2,1-4H3,(H,16,18)(H,17,19)(H,20,21)/t10-,11-,12-/m0/s1/i8D. The molecule has 1 heterocycles. The molecular formula is C15H26N2O5. The number of carboxylic acid groups (broad SMARTS) is 1. The number of carboxylic acids is 1. The molecule has 0 saturated carbocycles. The smallest absolute Gasteiger partial charge is 0.336 e. The van der Waals surface area contributed by atoms with Gasteiger partial charge in [-0.15, -0.1) is 0 Å². The first-order chi connectivity index (χ1) is 10.5. The number of hydrogen-bond donors (Lipinski definition) is 3. The third-order valence-electron chi connectivity index (χ3n) is 3.26. The molecule has 0 aliphatic carbocycles. The predicted octanol–water partition coefficient (Wildman–Crippen LogP) is 0.532. The largest absolute Gasteiger partial charge is 0.479 e. The Labute approximate surface area is 132 Å². The average Bonchev–Trinajstić information content (AvgIpc) is 3.15. The second kappa shape index (κ2) is 8.12. The van der Waals surface area contributed by atoms with E-state index in [2.05, 4.69) is 10.6 Å². The van der Waals surface area contributed by atoms with Crippen LogP contribution in [-0.4, -0.2) is 47.7 Å². The summed E-state index contributed by atoms with van der Waals surface area (Å²) in [6.45, 7) is 7.70. The molecular weight excluding hydrogens is 288 g/mol. The fraction of sp³-hybridized carbons (Fsp3) is 0.800. The molecule has 7 heteroatoms. The Hall–Kier alpha value is -1.63. The molecule has 3 atom stereocenters. The highest BCUT2D eigenvalue weighted by molar-refractivity contribution is 5.95. The number of rotatable bonds is 9. The van der Waals surface area contributed by atoms with Crippen LogP contribution in [0.3, 0.4) is 0 Å². The summed E-state index contributed by atoms with van der Waals surface area (Å²) in [4.78, 5) is 34.9. The SMILES string of the molecule is [2H]C(C)(C)CCNC(=O)[C@H](CC(C)C)NC(=O)[C@H]1O[C@@H]1C(=O)O. The van der Waals surface area contributed by atoms with Crippen LogP contribution in [0.1, 0.15) is 41.9 Å². The number of epoxide rings is 1. The van der Waals surface area contributed by atoms with Crippen molar-refractivity contribution in [3.05, 3.63) is 0 Å². The van der Waals surface area contributed by atoms with Gasteiger partial charge in [0.25, 0.3) is 5.91 Å². The Bertz CT molecular complexity index is 461. The maximum Gasteiger partial charge on any atom is 0.336 e. The van der Waals surface area contributed by atoms with Crippen LogP contribution in [0.15, 0.2) is 0 Å². The highest BCUT2D eigenvalue weighted by Crippen LogP contribution is 2.22. The lowest BCUT2D eigenvalue weighted by atomic mass is 10.0. The van der Waals surface area contributed by atoms with Crippen molar-refractivity contribution in [2.24, 2.45) is 11.8 Å². The van der Waals surface area contributed by atoms with Gasteiger partial charge in [0.1, 0.15) is 6.04 Å². The molecule has 22 heavy (non-hydrogen) atoms. The van der Waals surface area contributed by atoms with Crippen LogP contribution in [0.25, 0.3) is 0 Å². The maximum atomic E-state index is 12.2. The number of nitrogens with one attached hydrogen (secondary N) is 2. The van der Waals surface area contributed by atoms with Gasteiger partial charge in [0.2, 0.25) is 5.91 Å². The van der Waals surface area contributed by atoms with Crippen LogP contribution in [0, 0.1) is 11.8 Å². The van der Waals surface area contributed by atoms with Crippen molar-refractivity contribution in [1.82, 2.24) is 10.6 Å². The summed E-state index contributed by atoms with van der Waals surface area (Å²) in [6.07, 6.45) is -1.22. The molecule has 0 aromatic carbocycles. The molecule has 0 aromatic heterocycles. The minimum atomic E-state index is -1.19. The van der Waals surface area contributed by atoms with Crippen LogP contribution in [0.2, 0.25) is 0 Å². The number of hydrogen-bond acceptors (Lipinski definition) is 4. The van der Waals surface area contributed by atoms with Crippen molar-refractivity contribution in [2.45, 2.75) is 58.8 Å². The summed E-state index contributed by atoms with van der Waals surface area (Å²) in [7, 11) is 0. The molecule has 1 fully saturated rings. The van der Waals surface area contributed by atoms with Crippen LogP contribution < -0.4 is 10.6 Å². The molecule has 0 bridgehead atoms. The van der Waals surface area contributed by atoms with Crippen LogP contribution >= 0.6 is 0 Å². The number of ether oxygens (including phenoxy) is 1. The van der Waals surface area contributed by atoms with E-state index in [1.165, 1.54) is 0 Å². The van der Waals surface area contributed by atoms with E-state index in [1.54, 1.807) is 13.8 Å².